The number of fused-ring (bicyclic) bond motifs is 1. The van der Waals surface area contributed by atoms with Gasteiger partial charge in [0.1, 0.15) is 13.2 Å². The molecule has 0 saturated carbocycles. The molecule has 1 amide bonds. The highest BCUT2D eigenvalue weighted by Crippen LogP contribution is 2.36. The first-order valence-electron chi connectivity index (χ1n) is 8.38. The van der Waals surface area contributed by atoms with Crippen molar-refractivity contribution in [3.63, 3.8) is 0 Å². The molecule has 4 rings (SSSR count). The topological polar surface area (TPSA) is 65.1 Å². The van der Waals surface area contributed by atoms with E-state index in [4.69, 9.17) is 14.2 Å². The van der Waals surface area contributed by atoms with E-state index in [2.05, 4.69) is 15.9 Å². The summed E-state index contributed by atoms with van der Waals surface area (Å²) in [5, 5.41) is 0. The summed E-state index contributed by atoms with van der Waals surface area (Å²) in [4.78, 5) is 26.3. The van der Waals surface area contributed by atoms with Crippen molar-refractivity contribution >= 4 is 33.5 Å². The minimum absolute atomic E-state index is 0.00538. The quantitative estimate of drug-likeness (QED) is 0.546. The average molecular weight is 436 g/mol. The molecule has 2 aliphatic heterocycles. The van der Waals surface area contributed by atoms with Crippen LogP contribution in [-0.2, 0) is 9.59 Å². The van der Waals surface area contributed by atoms with E-state index in [9.17, 15) is 14.0 Å². The molecule has 2 heterocycles. The molecule has 8 heteroatoms. The first kappa shape index (κ1) is 17.8. The van der Waals surface area contributed by atoms with E-state index in [1.807, 2.05) is 0 Å². The first-order chi connectivity index (χ1) is 13.0. The molecule has 6 nitrogen and oxygen atoms in total. The molecule has 2 aromatic carbocycles. The van der Waals surface area contributed by atoms with Crippen LogP contribution in [0.15, 0.2) is 40.9 Å². The Kier molecular flexibility index (Phi) is 4.73. The summed E-state index contributed by atoms with van der Waals surface area (Å²) in [6.07, 6.45) is 0.00538. The molecule has 2 aromatic rings. The highest BCUT2D eigenvalue weighted by Gasteiger charge is 2.37. The summed E-state index contributed by atoms with van der Waals surface area (Å²) < 4.78 is 30.6. The minimum Gasteiger partial charge on any atom is -0.486 e. The lowest BCUT2D eigenvalue weighted by atomic mass is 10.1. The zero-order valence-corrected chi connectivity index (χ0v) is 15.7. The first-order valence-corrected chi connectivity index (χ1v) is 9.17. The molecule has 1 fully saturated rings. The standard InChI is InChI=1S/C19H15BrFNO5/c20-12-1-3-15(14(21)8-12)27-19(24)11-7-18(23)22(10-11)13-2-4-16-17(9-13)26-6-5-25-16/h1-4,8-9,11H,5-7,10H2/t11-/m0/s1. The lowest BCUT2D eigenvalue weighted by Crippen LogP contribution is -2.27. The van der Waals surface area contributed by atoms with Crippen LogP contribution in [0.2, 0.25) is 0 Å². The van der Waals surface area contributed by atoms with Gasteiger partial charge in [0.25, 0.3) is 0 Å². The summed E-state index contributed by atoms with van der Waals surface area (Å²) in [5.74, 6) is -1.13. The molecule has 0 aliphatic carbocycles. The van der Waals surface area contributed by atoms with Gasteiger partial charge >= 0.3 is 5.97 Å². The van der Waals surface area contributed by atoms with Crippen LogP contribution in [0.5, 0.6) is 17.2 Å². The van der Waals surface area contributed by atoms with Gasteiger partial charge in [-0.15, -0.1) is 0 Å². The van der Waals surface area contributed by atoms with Crippen molar-refractivity contribution in [3.8, 4) is 17.2 Å². The number of rotatable bonds is 3. The number of anilines is 1. The molecule has 0 bridgehead atoms. The van der Waals surface area contributed by atoms with Gasteiger partial charge in [0.05, 0.1) is 5.92 Å². The largest absolute Gasteiger partial charge is 0.486 e. The monoisotopic (exact) mass is 435 g/mol. The molecule has 140 valence electrons. The van der Waals surface area contributed by atoms with Gasteiger partial charge in [-0.2, -0.15) is 0 Å². The number of benzene rings is 2. The van der Waals surface area contributed by atoms with Crippen LogP contribution in [-0.4, -0.2) is 31.6 Å². The van der Waals surface area contributed by atoms with Gasteiger partial charge < -0.3 is 19.1 Å². The lowest BCUT2D eigenvalue weighted by Gasteiger charge is -2.22. The van der Waals surface area contributed by atoms with E-state index in [1.165, 1.54) is 17.0 Å². The fourth-order valence-corrected chi connectivity index (χ4v) is 3.40. The van der Waals surface area contributed by atoms with Gasteiger partial charge in [0.2, 0.25) is 5.91 Å². The molecule has 0 spiro atoms. The fourth-order valence-electron chi connectivity index (χ4n) is 3.06. The van der Waals surface area contributed by atoms with Crippen molar-refractivity contribution < 1.29 is 28.2 Å². The van der Waals surface area contributed by atoms with Crippen LogP contribution in [0, 0.1) is 11.7 Å². The maximum atomic E-state index is 13.9. The normalized spacial score (nSPS) is 18.5. The fraction of sp³-hybridized carbons (Fsp3) is 0.263. The summed E-state index contributed by atoms with van der Waals surface area (Å²) in [7, 11) is 0. The Bertz CT molecular complexity index is 919. The number of hydrogen-bond acceptors (Lipinski definition) is 5. The number of ether oxygens (including phenoxy) is 3. The molecular formula is C19H15BrFNO5. The third-order valence-corrected chi connectivity index (χ3v) is 4.89. The molecule has 1 atom stereocenters. The average Bonchev–Trinajstić information content (AvgIpc) is 3.05. The zero-order valence-electron chi connectivity index (χ0n) is 14.1. The molecular weight excluding hydrogens is 421 g/mol. The highest BCUT2D eigenvalue weighted by molar-refractivity contribution is 9.10. The summed E-state index contributed by atoms with van der Waals surface area (Å²) >= 11 is 3.15. The summed E-state index contributed by atoms with van der Waals surface area (Å²) in [5.41, 5.74) is 0.620. The van der Waals surface area contributed by atoms with Crippen LogP contribution >= 0.6 is 15.9 Å². The van der Waals surface area contributed by atoms with E-state index < -0.39 is 17.7 Å². The van der Waals surface area contributed by atoms with Crippen LogP contribution in [0.1, 0.15) is 6.42 Å². The van der Waals surface area contributed by atoms with Crippen molar-refractivity contribution in [2.75, 3.05) is 24.7 Å². The predicted octanol–water partition coefficient (Wildman–Crippen LogP) is 3.32. The van der Waals surface area contributed by atoms with E-state index in [0.29, 0.717) is 34.9 Å². The van der Waals surface area contributed by atoms with Crippen molar-refractivity contribution in [2.24, 2.45) is 5.92 Å². The Labute approximate surface area is 162 Å². The van der Waals surface area contributed by atoms with Crippen LogP contribution in [0.3, 0.4) is 0 Å². The molecule has 1 saturated heterocycles. The Morgan fingerprint density at radius 1 is 1.15 bits per heavy atom. The third-order valence-electron chi connectivity index (χ3n) is 4.40. The molecule has 0 unspecified atom stereocenters. The van der Waals surface area contributed by atoms with Gasteiger partial charge in [-0.1, -0.05) is 15.9 Å². The van der Waals surface area contributed by atoms with E-state index in [-0.39, 0.29) is 24.6 Å². The second-order valence-corrected chi connectivity index (χ2v) is 7.14. The second-order valence-electron chi connectivity index (χ2n) is 6.23. The van der Waals surface area contributed by atoms with E-state index >= 15 is 0 Å². The number of carbonyl (C=O) groups excluding carboxylic acids is 2. The van der Waals surface area contributed by atoms with Crippen molar-refractivity contribution in [1.29, 1.82) is 0 Å². The predicted molar refractivity (Wildman–Crippen MR) is 97.6 cm³/mol. The van der Waals surface area contributed by atoms with Gasteiger partial charge in [0.15, 0.2) is 23.1 Å². The second kappa shape index (κ2) is 7.19. The molecule has 0 radical (unpaired) electrons. The third kappa shape index (κ3) is 3.62. The maximum Gasteiger partial charge on any atom is 0.316 e. The Morgan fingerprint density at radius 2 is 1.93 bits per heavy atom. The van der Waals surface area contributed by atoms with Crippen LogP contribution in [0.4, 0.5) is 10.1 Å². The lowest BCUT2D eigenvalue weighted by molar-refractivity contribution is -0.139. The minimum atomic E-state index is -0.672. The van der Waals surface area contributed by atoms with E-state index in [1.54, 1.807) is 24.3 Å². The number of nitrogens with zero attached hydrogens (tertiary/aromatic N) is 1. The number of hydrogen-bond donors (Lipinski definition) is 0. The van der Waals surface area contributed by atoms with Gasteiger partial charge in [-0.05, 0) is 30.3 Å². The van der Waals surface area contributed by atoms with Crippen molar-refractivity contribution in [1.82, 2.24) is 0 Å². The number of amides is 1. The SMILES string of the molecule is O=C(Oc1ccc(Br)cc1F)[C@H]1CC(=O)N(c2ccc3c(c2)OCCO3)C1. The number of carbonyl (C=O) groups is 2. The van der Waals surface area contributed by atoms with Crippen LogP contribution in [0.25, 0.3) is 0 Å². The smallest absolute Gasteiger partial charge is 0.316 e. The molecule has 0 N–H and O–H groups in total. The van der Waals surface area contributed by atoms with Gasteiger partial charge in [-0.3, -0.25) is 9.59 Å². The molecule has 27 heavy (non-hydrogen) atoms. The number of halogens is 2. The summed E-state index contributed by atoms with van der Waals surface area (Å²) in [6.45, 7) is 1.09. The Balaban J connectivity index is 1.48. The number of esters is 1. The van der Waals surface area contributed by atoms with Crippen molar-refractivity contribution in [2.45, 2.75) is 6.42 Å². The van der Waals surface area contributed by atoms with Gasteiger partial charge in [-0.25, -0.2) is 4.39 Å². The van der Waals surface area contributed by atoms with Crippen LogP contribution < -0.4 is 19.1 Å². The molecule has 2 aliphatic rings. The van der Waals surface area contributed by atoms with Gasteiger partial charge in [0, 0.05) is 29.2 Å². The zero-order chi connectivity index (χ0) is 19.0. The molecule has 0 aromatic heterocycles. The Hall–Kier alpha value is -2.61. The maximum absolute atomic E-state index is 13.9. The summed E-state index contributed by atoms with van der Waals surface area (Å²) in [6, 6.07) is 9.35. The van der Waals surface area contributed by atoms with Crippen molar-refractivity contribution in [3.05, 3.63) is 46.7 Å². The van der Waals surface area contributed by atoms with E-state index in [0.717, 1.165) is 0 Å². The Morgan fingerprint density at radius 3 is 2.70 bits per heavy atom. The highest BCUT2D eigenvalue weighted by atomic mass is 79.9.